The lowest BCUT2D eigenvalue weighted by Gasteiger charge is -2.14. The van der Waals surface area contributed by atoms with Crippen LogP contribution in [0.4, 0.5) is 11.4 Å². The Balaban J connectivity index is 1.88. The molecule has 0 aliphatic carbocycles. The second kappa shape index (κ2) is 8.50. The summed E-state index contributed by atoms with van der Waals surface area (Å²) in [5.74, 6) is -0.567. The number of amides is 1. The molecule has 0 fully saturated rings. The molecule has 0 aliphatic heterocycles. The van der Waals surface area contributed by atoms with E-state index in [1.165, 1.54) is 36.4 Å². The molecule has 0 heterocycles. The third-order valence-corrected chi connectivity index (χ3v) is 6.93. The lowest BCUT2D eigenvalue weighted by atomic mass is 10.1. The Kier molecular flexibility index (Phi) is 6.16. The lowest BCUT2D eigenvalue weighted by Crippen LogP contribution is -2.19. The van der Waals surface area contributed by atoms with Crippen LogP contribution in [0.1, 0.15) is 21.5 Å². The normalized spacial score (nSPS) is 11.7. The fourth-order valence-electron chi connectivity index (χ4n) is 2.89. The number of anilines is 2. The van der Waals surface area contributed by atoms with E-state index < -0.39 is 26.0 Å². The minimum atomic E-state index is -3.93. The Hall–Kier alpha value is -3.21. The molecule has 0 aromatic heterocycles. The fraction of sp³-hybridized carbons (Fsp3) is 0.0952. The van der Waals surface area contributed by atoms with Crippen LogP contribution in [0.15, 0.2) is 76.5 Å². The molecule has 1 amide bonds. The Labute approximate surface area is 181 Å². The molecular weight excluding hydrogens is 438 g/mol. The van der Waals surface area contributed by atoms with E-state index in [9.17, 15) is 21.6 Å². The third-order valence-electron chi connectivity index (χ3n) is 4.49. The van der Waals surface area contributed by atoms with Crippen LogP contribution in [0.5, 0.6) is 0 Å². The Morgan fingerprint density at radius 1 is 0.871 bits per heavy atom. The molecule has 31 heavy (non-hydrogen) atoms. The first-order chi connectivity index (χ1) is 14.5. The molecule has 0 bridgehead atoms. The summed E-state index contributed by atoms with van der Waals surface area (Å²) in [6, 6.07) is 16.6. The molecule has 162 valence electrons. The highest BCUT2D eigenvalue weighted by Crippen LogP contribution is 2.24. The average Bonchev–Trinajstić information content (AvgIpc) is 2.69. The van der Waals surface area contributed by atoms with Crippen molar-refractivity contribution in [2.75, 3.05) is 10.0 Å². The number of hydrogen-bond donors (Lipinski definition) is 3. The predicted molar refractivity (Wildman–Crippen MR) is 119 cm³/mol. The quantitative estimate of drug-likeness (QED) is 0.521. The van der Waals surface area contributed by atoms with Crippen molar-refractivity contribution < 1.29 is 21.6 Å². The van der Waals surface area contributed by atoms with E-state index in [1.807, 2.05) is 6.07 Å². The number of para-hydroxylation sites is 1. The topological polar surface area (TPSA) is 135 Å². The van der Waals surface area contributed by atoms with E-state index in [0.717, 1.165) is 5.56 Å². The monoisotopic (exact) mass is 459 g/mol. The molecule has 4 N–H and O–H groups in total. The first-order valence-corrected chi connectivity index (χ1v) is 12.1. The van der Waals surface area contributed by atoms with Gasteiger partial charge in [-0.2, -0.15) is 0 Å². The summed E-state index contributed by atoms with van der Waals surface area (Å²) in [7, 11) is -7.78. The van der Waals surface area contributed by atoms with Gasteiger partial charge in [-0.1, -0.05) is 24.3 Å². The van der Waals surface area contributed by atoms with E-state index in [1.54, 1.807) is 38.1 Å². The number of nitrogens with two attached hydrogens (primary N) is 1. The lowest BCUT2D eigenvalue weighted by molar-refractivity contribution is 0.102. The van der Waals surface area contributed by atoms with Gasteiger partial charge in [-0.15, -0.1) is 0 Å². The summed E-state index contributed by atoms with van der Waals surface area (Å²) < 4.78 is 51.0. The number of carbonyl (C=O) groups is 1. The predicted octanol–water partition coefficient (Wildman–Crippen LogP) is 3.00. The molecular formula is C21H21N3O5S2. The van der Waals surface area contributed by atoms with Gasteiger partial charge in [-0.25, -0.2) is 22.0 Å². The van der Waals surface area contributed by atoms with E-state index in [0.29, 0.717) is 11.3 Å². The summed E-state index contributed by atoms with van der Waals surface area (Å²) in [6.07, 6.45) is 0. The van der Waals surface area contributed by atoms with Crippen LogP contribution in [0.2, 0.25) is 0 Å². The van der Waals surface area contributed by atoms with Crippen molar-refractivity contribution in [3.63, 3.8) is 0 Å². The van der Waals surface area contributed by atoms with Crippen LogP contribution in [0.3, 0.4) is 0 Å². The first-order valence-electron chi connectivity index (χ1n) is 9.11. The van der Waals surface area contributed by atoms with Gasteiger partial charge in [0.15, 0.2) is 0 Å². The number of carbonyl (C=O) groups excluding carboxylic acids is 1. The summed E-state index contributed by atoms with van der Waals surface area (Å²) in [5, 5.41) is 7.68. The van der Waals surface area contributed by atoms with Gasteiger partial charge in [0.1, 0.15) is 0 Å². The maximum atomic E-state index is 12.9. The van der Waals surface area contributed by atoms with Gasteiger partial charge in [0.05, 0.1) is 21.0 Å². The van der Waals surface area contributed by atoms with Gasteiger partial charge in [0.2, 0.25) is 10.0 Å². The average molecular weight is 460 g/mol. The molecule has 0 saturated heterocycles. The zero-order valence-corrected chi connectivity index (χ0v) is 18.4. The van der Waals surface area contributed by atoms with Crippen LogP contribution < -0.4 is 15.2 Å². The molecule has 0 radical (unpaired) electrons. The van der Waals surface area contributed by atoms with Crippen LogP contribution in [0.25, 0.3) is 0 Å². The van der Waals surface area contributed by atoms with Crippen molar-refractivity contribution >= 4 is 37.3 Å². The van der Waals surface area contributed by atoms with Crippen molar-refractivity contribution in [3.05, 3.63) is 83.4 Å². The molecule has 0 unspecified atom stereocenters. The number of sulfonamides is 2. The highest BCUT2D eigenvalue weighted by Gasteiger charge is 2.20. The first kappa shape index (κ1) is 22.5. The van der Waals surface area contributed by atoms with Crippen molar-refractivity contribution in [3.8, 4) is 0 Å². The molecule has 3 aromatic rings. The van der Waals surface area contributed by atoms with Crippen LogP contribution in [-0.2, 0) is 20.0 Å². The molecule has 0 aliphatic rings. The minimum absolute atomic E-state index is 0.0906. The molecule has 0 spiro atoms. The molecule has 3 aromatic carbocycles. The van der Waals surface area contributed by atoms with Gasteiger partial charge in [-0.05, 0) is 67.4 Å². The standard InChI is InChI=1S/C21H21N3O5S2/c1-14-7-8-15(2)20(13-14)31(28,29)24-19-6-4-3-5-18(19)21(25)23-16-9-11-17(12-10-16)30(22,26)27/h3-13,24H,1-2H3,(H,23,25)(H2,22,26,27). The number of primary sulfonamides is 1. The van der Waals surface area contributed by atoms with Crippen LogP contribution in [0, 0.1) is 13.8 Å². The second-order valence-electron chi connectivity index (χ2n) is 6.94. The number of aryl methyl sites for hydroxylation is 2. The number of nitrogens with one attached hydrogen (secondary N) is 2. The van der Waals surface area contributed by atoms with E-state index in [-0.39, 0.29) is 21.0 Å². The van der Waals surface area contributed by atoms with Crippen molar-refractivity contribution in [2.45, 2.75) is 23.6 Å². The number of rotatable bonds is 6. The van der Waals surface area contributed by atoms with Gasteiger partial charge < -0.3 is 5.32 Å². The largest absolute Gasteiger partial charge is 0.322 e. The van der Waals surface area contributed by atoms with Gasteiger partial charge >= 0.3 is 0 Å². The van der Waals surface area contributed by atoms with E-state index >= 15 is 0 Å². The molecule has 3 rings (SSSR count). The minimum Gasteiger partial charge on any atom is -0.322 e. The zero-order chi connectivity index (χ0) is 22.8. The SMILES string of the molecule is Cc1ccc(C)c(S(=O)(=O)Nc2ccccc2C(=O)Nc2ccc(S(N)(=O)=O)cc2)c1. The number of hydrogen-bond acceptors (Lipinski definition) is 5. The van der Waals surface area contributed by atoms with Crippen molar-refractivity contribution in [2.24, 2.45) is 5.14 Å². The molecule has 10 heteroatoms. The van der Waals surface area contributed by atoms with Crippen LogP contribution in [-0.4, -0.2) is 22.7 Å². The maximum absolute atomic E-state index is 12.9. The smallest absolute Gasteiger partial charge is 0.262 e. The van der Waals surface area contributed by atoms with Crippen molar-refractivity contribution in [1.82, 2.24) is 0 Å². The van der Waals surface area contributed by atoms with Crippen LogP contribution >= 0.6 is 0 Å². The van der Waals surface area contributed by atoms with Crippen molar-refractivity contribution in [1.29, 1.82) is 0 Å². The summed E-state index contributed by atoms with van der Waals surface area (Å²) in [4.78, 5) is 12.8. The van der Waals surface area contributed by atoms with E-state index in [4.69, 9.17) is 5.14 Å². The maximum Gasteiger partial charge on any atom is 0.262 e. The van der Waals surface area contributed by atoms with E-state index in [2.05, 4.69) is 10.0 Å². The summed E-state index contributed by atoms with van der Waals surface area (Å²) in [6.45, 7) is 3.48. The zero-order valence-electron chi connectivity index (χ0n) is 16.8. The Morgan fingerprint density at radius 2 is 1.52 bits per heavy atom. The molecule has 0 saturated carbocycles. The third kappa shape index (κ3) is 5.29. The second-order valence-corrected chi connectivity index (χ2v) is 10.2. The Morgan fingerprint density at radius 3 is 2.16 bits per heavy atom. The number of benzene rings is 3. The van der Waals surface area contributed by atoms with Gasteiger partial charge in [0, 0.05) is 5.69 Å². The highest BCUT2D eigenvalue weighted by molar-refractivity contribution is 7.92. The highest BCUT2D eigenvalue weighted by atomic mass is 32.2. The summed E-state index contributed by atoms with van der Waals surface area (Å²) in [5.41, 5.74) is 1.91. The van der Waals surface area contributed by atoms with Gasteiger partial charge in [0.25, 0.3) is 15.9 Å². The van der Waals surface area contributed by atoms with Gasteiger partial charge in [-0.3, -0.25) is 9.52 Å². The summed E-state index contributed by atoms with van der Waals surface area (Å²) >= 11 is 0. The fourth-order valence-corrected chi connectivity index (χ4v) is 4.82. The molecule has 0 atom stereocenters. The Bertz CT molecular complexity index is 1350. The molecule has 8 nitrogen and oxygen atoms in total.